The van der Waals surface area contributed by atoms with E-state index in [1.165, 1.54) is 6.42 Å². The lowest BCUT2D eigenvalue weighted by Crippen LogP contribution is -2.52. The van der Waals surface area contributed by atoms with Crippen molar-refractivity contribution in [3.63, 3.8) is 0 Å². The zero-order chi connectivity index (χ0) is 16.8. The first-order valence-electron chi connectivity index (χ1n) is 7.88. The van der Waals surface area contributed by atoms with Gasteiger partial charge in [-0.3, -0.25) is 10.2 Å². The topological polar surface area (TPSA) is 94.0 Å². The molecule has 6 heteroatoms. The molecule has 0 aromatic heterocycles. The van der Waals surface area contributed by atoms with Crippen LogP contribution in [0.1, 0.15) is 49.0 Å². The van der Waals surface area contributed by atoms with E-state index in [0.717, 1.165) is 12.8 Å². The number of nitrogens with one attached hydrogen (secondary N) is 3. The third-order valence-electron chi connectivity index (χ3n) is 4.59. The number of rotatable bonds is 2. The Morgan fingerprint density at radius 1 is 1.13 bits per heavy atom. The molecule has 0 bridgehead atoms. The maximum Gasteiger partial charge on any atom is 0.333 e. The number of amides is 3. The number of hydrogen-bond acceptors (Lipinski definition) is 3. The van der Waals surface area contributed by atoms with Crippen molar-refractivity contribution in [2.45, 2.75) is 39.2 Å². The summed E-state index contributed by atoms with van der Waals surface area (Å²) in [6, 6.07) is 7.90. The van der Waals surface area contributed by atoms with Crippen LogP contribution in [0.4, 0.5) is 4.79 Å². The minimum absolute atomic E-state index is 0.130. The first kappa shape index (κ1) is 16.8. The molecule has 1 aromatic rings. The molecule has 3 atom stereocenters. The predicted molar refractivity (Wildman–Crippen MR) is 86.3 cm³/mol. The first-order valence-corrected chi connectivity index (χ1v) is 7.88. The number of hydrazine groups is 1. The number of nitrogens with zero attached hydrogens (tertiary/aromatic N) is 1. The molecule has 0 heterocycles. The molecule has 1 saturated carbocycles. The van der Waals surface area contributed by atoms with Gasteiger partial charge in [-0.1, -0.05) is 26.7 Å². The largest absolute Gasteiger partial charge is 0.334 e. The molecule has 6 nitrogen and oxygen atoms in total. The first-order chi connectivity index (χ1) is 11.0. The molecule has 0 radical (unpaired) electrons. The van der Waals surface area contributed by atoms with Gasteiger partial charge in [0.2, 0.25) is 0 Å². The zero-order valence-electron chi connectivity index (χ0n) is 13.4. The van der Waals surface area contributed by atoms with E-state index < -0.39 is 11.9 Å². The molecule has 3 N–H and O–H groups in total. The van der Waals surface area contributed by atoms with Gasteiger partial charge in [0.1, 0.15) is 0 Å². The van der Waals surface area contributed by atoms with Crippen LogP contribution in [0, 0.1) is 23.2 Å². The van der Waals surface area contributed by atoms with E-state index in [1.54, 1.807) is 24.3 Å². The predicted octanol–water partition coefficient (Wildman–Crippen LogP) is 2.33. The van der Waals surface area contributed by atoms with Gasteiger partial charge in [0.15, 0.2) is 0 Å². The van der Waals surface area contributed by atoms with Crippen molar-refractivity contribution in [2.75, 3.05) is 0 Å². The van der Waals surface area contributed by atoms with Gasteiger partial charge in [-0.15, -0.1) is 0 Å². The molecule has 0 aliphatic heterocycles. The van der Waals surface area contributed by atoms with Gasteiger partial charge in [-0.25, -0.2) is 10.2 Å². The Hall–Kier alpha value is -2.55. The van der Waals surface area contributed by atoms with Crippen LogP contribution in [0.2, 0.25) is 0 Å². The van der Waals surface area contributed by atoms with Crippen LogP contribution in [0.5, 0.6) is 0 Å². The van der Waals surface area contributed by atoms with E-state index in [2.05, 4.69) is 30.0 Å². The SMILES string of the molecule is CC1CCCC(NC(=O)NNC(=O)c2ccc(C#N)cc2)C1C. The average Bonchev–Trinajstić information content (AvgIpc) is 2.57. The Bertz CT molecular complexity index is 606. The Morgan fingerprint density at radius 2 is 1.83 bits per heavy atom. The van der Waals surface area contributed by atoms with Gasteiger partial charge in [-0.05, 0) is 42.5 Å². The molecular formula is C17H22N4O2. The number of urea groups is 1. The van der Waals surface area contributed by atoms with E-state index in [4.69, 9.17) is 5.26 Å². The van der Waals surface area contributed by atoms with Crippen LogP contribution in [-0.2, 0) is 0 Å². The summed E-state index contributed by atoms with van der Waals surface area (Å²) in [5.41, 5.74) is 5.60. The van der Waals surface area contributed by atoms with E-state index in [1.807, 2.05) is 6.07 Å². The lowest BCUT2D eigenvalue weighted by molar-refractivity contribution is 0.0934. The standard InChI is InChI=1S/C17H22N4O2/c1-11-4-3-5-15(12(11)2)19-17(23)21-20-16(22)14-8-6-13(10-18)7-9-14/h6-9,11-12,15H,3-5H2,1-2H3,(H,20,22)(H2,19,21,23). The van der Waals surface area contributed by atoms with Crippen molar-refractivity contribution in [3.05, 3.63) is 35.4 Å². The summed E-state index contributed by atoms with van der Waals surface area (Å²) in [4.78, 5) is 23.8. The van der Waals surface area contributed by atoms with Crippen LogP contribution in [0.15, 0.2) is 24.3 Å². The van der Waals surface area contributed by atoms with Crippen molar-refractivity contribution in [3.8, 4) is 6.07 Å². The minimum Gasteiger partial charge on any atom is -0.334 e. The summed E-state index contributed by atoms with van der Waals surface area (Å²) in [7, 11) is 0. The number of carbonyl (C=O) groups excluding carboxylic acids is 2. The fraction of sp³-hybridized carbons (Fsp3) is 0.471. The Balaban J connectivity index is 1.81. The van der Waals surface area contributed by atoms with Gasteiger partial charge in [0, 0.05) is 11.6 Å². The van der Waals surface area contributed by atoms with Gasteiger partial charge in [0.05, 0.1) is 11.6 Å². The highest BCUT2D eigenvalue weighted by atomic mass is 16.2. The third-order valence-corrected chi connectivity index (χ3v) is 4.59. The number of carbonyl (C=O) groups is 2. The van der Waals surface area contributed by atoms with E-state index in [-0.39, 0.29) is 6.04 Å². The van der Waals surface area contributed by atoms with Gasteiger partial charge < -0.3 is 5.32 Å². The maximum absolute atomic E-state index is 11.9. The highest BCUT2D eigenvalue weighted by molar-refractivity contribution is 5.95. The Labute approximate surface area is 136 Å². The van der Waals surface area contributed by atoms with Crippen LogP contribution in [0.3, 0.4) is 0 Å². The van der Waals surface area contributed by atoms with Gasteiger partial charge in [0.25, 0.3) is 5.91 Å². The Kier molecular flexibility index (Phi) is 5.58. The number of hydrogen-bond donors (Lipinski definition) is 3. The van der Waals surface area contributed by atoms with Gasteiger partial charge >= 0.3 is 6.03 Å². The summed E-state index contributed by atoms with van der Waals surface area (Å²) >= 11 is 0. The second kappa shape index (κ2) is 7.63. The molecule has 0 saturated heterocycles. The molecule has 1 aliphatic carbocycles. The molecular weight excluding hydrogens is 292 g/mol. The monoisotopic (exact) mass is 314 g/mol. The quantitative estimate of drug-likeness (QED) is 0.731. The lowest BCUT2D eigenvalue weighted by Gasteiger charge is -2.34. The van der Waals surface area contributed by atoms with Crippen LogP contribution < -0.4 is 16.2 Å². The summed E-state index contributed by atoms with van der Waals surface area (Å²) in [5.74, 6) is 0.584. The molecule has 23 heavy (non-hydrogen) atoms. The molecule has 1 aromatic carbocycles. The van der Waals surface area contributed by atoms with Crippen LogP contribution in [0.25, 0.3) is 0 Å². The Morgan fingerprint density at radius 3 is 2.48 bits per heavy atom. The van der Waals surface area contributed by atoms with Crippen molar-refractivity contribution < 1.29 is 9.59 Å². The molecule has 2 rings (SSSR count). The number of nitriles is 1. The molecule has 3 amide bonds. The lowest BCUT2D eigenvalue weighted by atomic mass is 9.78. The van der Waals surface area contributed by atoms with Crippen molar-refractivity contribution in [1.82, 2.24) is 16.2 Å². The van der Waals surface area contributed by atoms with Crippen LogP contribution in [-0.4, -0.2) is 18.0 Å². The average molecular weight is 314 g/mol. The normalized spacial score (nSPS) is 23.4. The molecule has 122 valence electrons. The molecule has 0 spiro atoms. The van der Waals surface area contributed by atoms with Crippen molar-refractivity contribution in [1.29, 1.82) is 5.26 Å². The second-order valence-electron chi connectivity index (χ2n) is 6.12. The van der Waals surface area contributed by atoms with Crippen molar-refractivity contribution >= 4 is 11.9 Å². The van der Waals surface area contributed by atoms with Crippen LogP contribution >= 0.6 is 0 Å². The molecule has 3 unspecified atom stereocenters. The third kappa shape index (κ3) is 4.46. The summed E-state index contributed by atoms with van der Waals surface area (Å²) in [6.45, 7) is 4.34. The second-order valence-corrected chi connectivity index (χ2v) is 6.12. The molecule has 1 aliphatic rings. The van der Waals surface area contributed by atoms with Gasteiger partial charge in [-0.2, -0.15) is 5.26 Å². The fourth-order valence-corrected chi connectivity index (χ4v) is 2.87. The van der Waals surface area contributed by atoms with Crippen molar-refractivity contribution in [2.24, 2.45) is 11.8 Å². The van der Waals surface area contributed by atoms with E-state index in [9.17, 15) is 9.59 Å². The summed E-state index contributed by atoms with van der Waals surface area (Å²) < 4.78 is 0. The maximum atomic E-state index is 11.9. The highest BCUT2D eigenvalue weighted by Gasteiger charge is 2.28. The minimum atomic E-state index is -0.422. The summed E-state index contributed by atoms with van der Waals surface area (Å²) in [6.07, 6.45) is 3.26. The zero-order valence-corrected chi connectivity index (χ0v) is 13.4. The fourth-order valence-electron chi connectivity index (χ4n) is 2.87. The summed E-state index contributed by atoms with van der Waals surface area (Å²) in [5, 5.41) is 11.6. The van der Waals surface area contributed by atoms with E-state index >= 15 is 0 Å². The highest BCUT2D eigenvalue weighted by Crippen LogP contribution is 2.29. The van der Waals surface area contributed by atoms with E-state index in [0.29, 0.717) is 23.0 Å². The number of benzene rings is 1. The smallest absolute Gasteiger partial charge is 0.333 e. The molecule has 1 fully saturated rings.